The summed E-state index contributed by atoms with van der Waals surface area (Å²) in [6.45, 7) is 3.92. The van der Waals surface area contributed by atoms with Crippen LogP contribution in [0.15, 0.2) is 0 Å². The molecule has 0 aromatic rings. The van der Waals surface area contributed by atoms with Crippen LogP contribution in [0.25, 0.3) is 0 Å². The maximum absolute atomic E-state index is 11.1. The Labute approximate surface area is 68.6 Å². The molecule has 0 aromatic carbocycles. The maximum atomic E-state index is 11.1. The smallest absolute Gasteiger partial charge is 0.222 e. The molecule has 0 spiro atoms. The molecule has 0 aromatic heterocycles. The zero-order chi connectivity index (χ0) is 9.02. The van der Waals surface area contributed by atoms with Crippen LogP contribution in [-0.2, 0) is 4.79 Å². The van der Waals surface area contributed by atoms with Crippen molar-refractivity contribution in [2.24, 2.45) is 11.7 Å². The van der Waals surface area contributed by atoms with Crippen molar-refractivity contribution in [1.82, 2.24) is 4.90 Å². The number of hydrogen-bond acceptors (Lipinski definition) is 2. The molecule has 0 bridgehead atoms. The molecule has 2 atom stereocenters. The largest absolute Gasteiger partial charge is 0.349 e. The van der Waals surface area contributed by atoms with Crippen molar-refractivity contribution < 1.29 is 4.79 Å². The lowest BCUT2D eigenvalue weighted by Crippen LogP contribution is -2.30. The van der Waals surface area contributed by atoms with Gasteiger partial charge in [-0.25, -0.2) is 0 Å². The molecular formula is C8H18N2O. The van der Waals surface area contributed by atoms with Gasteiger partial charge in [0.2, 0.25) is 5.91 Å². The van der Waals surface area contributed by atoms with Gasteiger partial charge in [0.1, 0.15) is 0 Å². The average Bonchev–Trinajstić information content (AvgIpc) is 1.87. The molecule has 11 heavy (non-hydrogen) atoms. The quantitative estimate of drug-likeness (QED) is 0.648. The van der Waals surface area contributed by atoms with E-state index in [1.54, 1.807) is 19.0 Å². The molecule has 0 aliphatic rings. The number of carbonyl (C=O) groups is 1. The molecule has 0 radical (unpaired) electrons. The summed E-state index contributed by atoms with van der Waals surface area (Å²) in [4.78, 5) is 12.7. The molecule has 0 fully saturated rings. The summed E-state index contributed by atoms with van der Waals surface area (Å²) in [5.74, 6) is 0.416. The van der Waals surface area contributed by atoms with Crippen molar-refractivity contribution in [3.63, 3.8) is 0 Å². The lowest BCUT2D eigenvalue weighted by atomic mass is 10.0. The molecule has 0 saturated heterocycles. The Kier molecular flexibility index (Phi) is 4.11. The second-order valence-corrected chi connectivity index (χ2v) is 3.33. The Balaban J connectivity index is 3.76. The van der Waals surface area contributed by atoms with E-state index < -0.39 is 0 Å². The van der Waals surface area contributed by atoms with Gasteiger partial charge in [0.05, 0.1) is 0 Å². The topological polar surface area (TPSA) is 46.3 Å². The van der Waals surface area contributed by atoms with Crippen molar-refractivity contribution in [2.75, 3.05) is 14.1 Å². The van der Waals surface area contributed by atoms with Gasteiger partial charge in [-0.05, 0) is 12.8 Å². The van der Waals surface area contributed by atoms with Crippen LogP contribution in [0, 0.1) is 5.92 Å². The normalized spacial score (nSPS) is 15.7. The lowest BCUT2D eigenvalue weighted by Gasteiger charge is -2.17. The van der Waals surface area contributed by atoms with Gasteiger partial charge in [-0.3, -0.25) is 4.79 Å². The van der Waals surface area contributed by atoms with Crippen LogP contribution in [0.5, 0.6) is 0 Å². The van der Waals surface area contributed by atoms with Gasteiger partial charge in [-0.1, -0.05) is 6.92 Å². The SMILES string of the molecule is CC(N)C(C)CC(=O)N(C)C. The number of nitrogens with zero attached hydrogens (tertiary/aromatic N) is 1. The Morgan fingerprint density at radius 3 is 2.18 bits per heavy atom. The summed E-state index contributed by atoms with van der Waals surface area (Å²) in [6.07, 6.45) is 0.546. The van der Waals surface area contributed by atoms with E-state index in [0.717, 1.165) is 0 Å². The van der Waals surface area contributed by atoms with Crippen LogP contribution in [0.4, 0.5) is 0 Å². The van der Waals surface area contributed by atoms with Crippen molar-refractivity contribution >= 4 is 5.91 Å². The fourth-order valence-corrected chi connectivity index (χ4v) is 0.644. The van der Waals surface area contributed by atoms with Crippen molar-refractivity contribution in [1.29, 1.82) is 0 Å². The van der Waals surface area contributed by atoms with Crippen molar-refractivity contribution in [3.05, 3.63) is 0 Å². The van der Waals surface area contributed by atoms with Gasteiger partial charge in [0.25, 0.3) is 0 Å². The van der Waals surface area contributed by atoms with E-state index in [-0.39, 0.29) is 17.9 Å². The molecule has 0 rings (SSSR count). The highest BCUT2D eigenvalue weighted by atomic mass is 16.2. The second kappa shape index (κ2) is 4.34. The molecule has 1 amide bonds. The minimum Gasteiger partial charge on any atom is -0.349 e. The molecule has 2 unspecified atom stereocenters. The van der Waals surface area contributed by atoms with E-state index in [4.69, 9.17) is 5.73 Å². The molecule has 2 N–H and O–H groups in total. The number of amides is 1. The summed E-state index contributed by atoms with van der Waals surface area (Å²) in [7, 11) is 3.52. The first kappa shape index (κ1) is 10.4. The lowest BCUT2D eigenvalue weighted by molar-refractivity contribution is -0.129. The van der Waals surface area contributed by atoms with Gasteiger partial charge in [0.15, 0.2) is 0 Å². The molecule has 3 heteroatoms. The predicted octanol–water partition coefficient (Wildman–Crippen LogP) is 0.448. The molecule has 0 saturated carbocycles. The number of nitrogens with two attached hydrogens (primary N) is 1. The van der Waals surface area contributed by atoms with Gasteiger partial charge in [-0.15, -0.1) is 0 Å². The third kappa shape index (κ3) is 3.98. The summed E-state index contributed by atoms with van der Waals surface area (Å²) in [6, 6.07) is 0.0962. The number of hydrogen-bond donors (Lipinski definition) is 1. The third-order valence-corrected chi connectivity index (χ3v) is 1.89. The minimum atomic E-state index is 0.0962. The third-order valence-electron chi connectivity index (χ3n) is 1.89. The van der Waals surface area contributed by atoms with Crippen LogP contribution in [-0.4, -0.2) is 30.9 Å². The minimum absolute atomic E-state index is 0.0962. The van der Waals surface area contributed by atoms with Gasteiger partial charge in [-0.2, -0.15) is 0 Å². The van der Waals surface area contributed by atoms with Crippen LogP contribution >= 0.6 is 0 Å². The highest BCUT2D eigenvalue weighted by Crippen LogP contribution is 2.06. The molecular weight excluding hydrogens is 140 g/mol. The highest BCUT2D eigenvalue weighted by Gasteiger charge is 2.13. The zero-order valence-electron chi connectivity index (χ0n) is 7.79. The second-order valence-electron chi connectivity index (χ2n) is 3.33. The Morgan fingerprint density at radius 2 is 1.91 bits per heavy atom. The van der Waals surface area contributed by atoms with E-state index in [0.29, 0.717) is 6.42 Å². The average molecular weight is 158 g/mol. The van der Waals surface area contributed by atoms with Crippen LogP contribution in [0.2, 0.25) is 0 Å². The van der Waals surface area contributed by atoms with Gasteiger partial charge >= 0.3 is 0 Å². The zero-order valence-corrected chi connectivity index (χ0v) is 7.79. The molecule has 0 heterocycles. The molecule has 0 aliphatic carbocycles. The van der Waals surface area contributed by atoms with E-state index >= 15 is 0 Å². The standard InChI is InChI=1S/C8H18N2O/c1-6(7(2)9)5-8(11)10(3)4/h6-7H,5,9H2,1-4H3. The number of rotatable bonds is 3. The molecule has 3 nitrogen and oxygen atoms in total. The van der Waals surface area contributed by atoms with E-state index in [1.807, 2.05) is 13.8 Å². The van der Waals surface area contributed by atoms with Crippen molar-refractivity contribution in [3.8, 4) is 0 Å². The summed E-state index contributed by atoms with van der Waals surface area (Å²) in [5.41, 5.74) is 5.61. The monoisotopic (exact) mass is 158 g/mol. The summed E-state index contributed by atoms with van der Waals surface area (Å²) >= 11 is 0. The van der Waals surface area contributed by atoms with E-state index in [9.17, 15) is 4.79 Å². The summed E-state index contributed by atoms with van der Waals surface area (Å²) in [5, 5.41) is 0. The molecule has 66 valence electrons. The van der Waals surface area contributed by atoms with Crippen molar-refractivity contribution in [2.45, 2.75) is 26.3 Å². The van der Waals surface area contributed by atoms with Crippen LogP contribution in [0.1, 0.15) is 20.3 Å². The predicted molar refractivity (Wildman–Crippen MR) is 46.1 cm³/mol. The van der Waals surface area contributed by atoms with Crippen LogP contribution < -0.4 is 5.73 Å². The van der Waals surface area contributed by atoms with Crippen LogP contribution in [0.3, 0.4) is 0 Å². The fraction of sp³-hybridized carbons (Fsp3) is 0.875. The van der Waals surface area contributed by atoms with Gasteiger partial charge < -0.3 is 10.6 Å². The first-order valence-corrected chi connectivity index (χ1v) is 3.91. The van der Waals surface area contributed by atoms with E-state index in [2.05, 4.69) is 0 Å². The Morgan fingerprint density at radius 1 is 1.45 bits per heavy atom. The van der Waals surface area contributed by atoms with Gasteiger partial charge in [0, 0.05) is 26.6 Å². The Bertz CT molecular complexity index is 132. The first-order chi connectivity index (χ1) is 4.95. The molecule has 0 aliphatic heterocycles. The Hall–Kier alpha value is -0.570. The fourth-order valence-electron chi connectivity index (χ4n) is 0.644. The highest BCUT2D eigenvalue weighted by molar-refractivity contribution is 5.75. The van der Waals surface area contributed by atoms with E-state index in [1.165, 1.54) is 0 Å². The first-order valence-electron chi connectivity index (χ1n) is 3.91. The number of carbonyl (C=O) groups excluding carboxylic acids is 1. The summed E-state index contributed by atoms with van der Waals surface area (Å²) < 4.78 is 0. The maximum Gasteiger partial charge on any atom is 0.222 e.